The van der Waals surface area contributed by atoms with Crippen LogP contribution in [-0.2, 0) is 35.0 Å². The van der Waals surface area contributed by atoms with E-state index in [9.17, 15) is 19.2 Å². The van der Waals surface area contributed by atoms with Gasteiger partial charge in [-0.2, -0.15) is 0 Å². The minimum Gasteiger partial charge on any atom is -0.497 e. The van der Waals surface area contributed by atoms with E-state index in [1.54, 1.807) is 54.6 Å². The predicted octanol–water partition coefficient (Wildman–Crippen LogP) is 1.37. The first-order chi connectivity index (χ1) is 16.8. The van der Waals surface area contributed by atoms with Gasteiger partial charge in [0.15, 0.2) is 11.2 Å². The van der Waals surface area contributed by atoms with Crippen molar-refractivity contribution in [3.63, 3.8) is 0 Å². The fraction of sp³-hybridized carbons (Fsp3) is 0.208. The highest BCUT2D eigenvalue weighted by atomic mass is 16.5. The number of methoxy groups -OCH3 is 1. The van der Waals surface area contributed by atoms with Crippen LogP contribution < -0.4 is 21.3 Å². The number of amides is 1. The molecule has 0 aliphatic rings. The van der Waals surface area contributed by atoms with Gasteiger partial charge in [0.05, 0.1) is 13.4 Å². The number of hydrogen-bond acceptors (Lipinski definition) is 7. The number of esters is 1. The van der Waals surface area contributed by atoms with Gasteiger partial charge in [-0.1, -0.05) is 36.4 Å². The van der Waals surface area contributed by atoms with Crippen LogP contribution in [0.5, 0.6) is 5.75 Å². The lowest BCUT2D eigenvalue weighted by atomic mass is 10.1. The SMILES string of the molecule is COc1cccc(NC(=O)C(OC(=O)Cn2cnc3c2c(=O)n(C)c(=O)n3C)c2ccccc2)c1. The quantitative estimate of drug-likeness (QED) is 0.398. The summed E-state index contributed by atoms with van der Waals surface area (Å²) in [5.41, 5.74) is 0.0220. The third kappa shape index (κ3) is 4.69. The van der Waals surface area contributed by atoms with Crippen LogP contribution in [0.15, 0.2) is 70.5 Å². The van der Waals surface area contributed by atoms with Crippen LogP contribution in [0.2, 0.25) is 0 Å². The van der Waals surface area contributed by atoms with Crippen molar-refractivity contribution >= 4 is 28.7 Å². The summed E-state index contributed by atoms with van der Waals surface area (Å²) in [5.74, 6) is -0.777. The van der Waals surface area contributed by atoms with Gasteiger partial charge in [0, 0.05) is 31.4 Å². The molecule has 35 heavy (non-hydrogen) atoms. The Balaban J connectivity index is 1.60. The van der Waals surface area contributed by atoms with Crippen molar-refractivity contribution in [1.29, 1.82) is 0 Å². The van der Waals surface area contributed by atoms with Crippen molar-refractivity contribution in [3.8, 4) is 5.75 Å². The van der Waals surface area contributed by atoms with Crippen LogP contribution in [0, 0.1) is 0 Å². The summed E-state index contributed by atoms with van der Waals surface area (Å²) in [4.78, 5) is 54.9. The highest BCUT2D eigenvalue weighted by molar-refractivity contribution is 5.96. The summed E-state index contributed by atoms with van der Waals surface area (Å²) in [6.07, 6.45) is 0.0255. The summed E-state index contributed by atoms with van der Waals surface area (Å²) in [7, 11) is 4.34. The highest BCUT2D eigenvalue weighted by Gasteiger charge is 2.26. The normalized spacial score (nSPS) is 11.7. The van der Waals surface area contributed by atoms with Crippen molar-refractivity contribution in [2.45, 2.75) is 12.6 Å². The molecule has 11 heteroatoms. The average molecular weight is 477 g/mol. The van der Waals surface area contributed by atoms with E-state index in [4.69, 9.17) is 9.47 Å². The minimum atomic E-state index is -1.25. The van der Waals surface area contributed by atoms with Gasteiger partial charge in [0.2, 0.25) is 6.10 Å². The second-order valence-corrected chi connectivity index (χ2v) is 7.75. The van der Waals surface area contributed by atoms with Gasteiger partial charge >= 0.3 is 11.7 Å². The summed E-state index contributed by atoms with van der Waals surface area (Å²) in [5, 5.41) is 2.73. The first-order valence-corrected chi connectivity index (χ1v) is 10.6. The molecule has 1 amide bonds. The van der Waals surface area contributed by atoms with Crippen molar-refractivity contribution in [3.05, 3.63) is 87.3 Å². The molecule has 0 saturated carbocycles. The Morgan fingerprint density at radius 3 is 2.49 bits per heavy atom. The van der Waals surface area contributed by atoms with Crippen molar-refractivity contribution < 1.29 is 19.1 Å². The van der Waals surface area contributed by atoms with Crippen LogP contribution in [0.3, 0.4) is 0 Å². The summed E-state index contributed by atoms with van der Waals surface area (Å²) >= 11 is 0. The van der Waals surface area contributed by atoms with Crippen molar-refractivity contribution in [2.24, 2.45) is 14.1 Å². The Hall–Kier alpha value is -4.67. The molecule has 11 nitrogen and oxygen atoms in total. The maximum absolute atomic E-state index is 13.1. The molecule has 0 spiro atoms. The van der Waals surface area contributed by atoms with Gasteiger partial charge < -0.3 is 19.4 Å². The number of carbonyl (C=O) groups is 2. The largest absolute Gasteiger partial charge is 0.497 e. The Bertz CT molecular complexity index is 1520. The summed E-state index contributed by atoms with van der Waals surface area (Å²) in [6, 6.07) is 15.3. The van der Waals surface area contributed by atoms with Gasteiger partial charge in [-0.3, -0.25) is 23.5 Å². The average Bonchev–Trinajstić information content (AvgIpc) is 3.28. The number of rotatable bonds is 7. The molecule has 0 aliphatic carbocycles. The zero-order valence-corrected chi connectivity index (χ0v) is 19.3. The minimum absolute atomic E-state index is 0.0728. The molecule has 1 atom stereocenters. The lowest BCUT2D eigenvalue weighted by Crippen LogP contribution is -2.37. The molecule has 0 saturated heterocycles. The van der Waals surface area contributed by atoms with Gasteiger partial charge in [0.25, 0.3) is 11.5 Å². The van der Waals surface area contributed by atoms with E-state index in [0.29, 0.717) is 17.0 Å². The Morgan fingerprint density at radius 1 is 1.03 bits per heavy atom. The molecule has 0 bridgehead atoms. The van der Waals surface area contributed by atoms with Gasteiger partial charge in [-0.05, 0) is 12.1 Å². The molecule has 4 aromatic rings. The number of nitrogens with one attached hydrogen (secondary N) is 1. The number of aromatic nitrogens is 4. The number of fused-ring (bicyclic) bond motifs is 1. The molecule has 2 heterocycles. The Labute approximate surface area is 199 Å². The predicted molar refractivity (Wildman–Crippen MR) is 127 cm³/mol. The fourth-order valence-corrected chi connectivity index (χ4v) is 3.63. The second-order valence-electron chi connectivity index (χ2n) is 7.75. The van der Waals surface area contributed by atoms with Crippen LogP contribution in [0.4, 0.5) is 5.69 Å². The lowest BCUT2D eigenvalue weighted by Gasteiger charge is -2.18. The second kappa shape index (κ2) is 9.67. The third-order valence-corrected chi connectivity index (χ3v) is 5.44. The Kier molecular flexibility index (Phi) is 6.49. The molecule has 0 radical (unpaired) electrons. The van der Waals surface area contributed by atoms with Crippen LogP contribution >= 0.6 is 0 Å². The molecule has 0 fully saturated rings. The molecule has 2 aromatic carbocycles. The number of hydrogen-bond donors (Lipinski definition) is 1. The lowest BCUT2D eigenvalue weighted by molar-refractivity contribution is -0.155. The highest BCUT2D eigenvalue weighted by Crippen LogP contribution is 2.23. The molecular formula is C24H23N5O6. The number of nitrogens with zero attached hydrogens (tertiary/aromatic N) is 4. The third-order valence-electron chi connectivity index (χ3n) is 5.44. The number of carbonyl (C=O) groups excluding carboxylic acids is 2. The maximum atomic E-state index is 13.1. The first-order valence-electron chi connectivity index (χ1n) is 10.6. The van der Waals surface area contributed by atoms with Crippen molar-refractivity contribution in [2.75, 3.05) is 12.4 Å². The molecule has 2 aromatic heterocycles. The number of anilines is 1. The van der Waals surface area contributed by atoms with Crippen LogP contribution in [0.25, 0.3) is 11.2 Å². The topological polar surface area (TPSA) is 126 Å². The summed E-state index contributed by atoms with van der Waals surface area (Å²) < 4.78 is 14.2. The van der Waals surface area contributed by atoms with E-state index in [1.807, 2.05) is 0 Å². The number of ether oxygens (including phenoxy) is 2. The molecule has 1 N–H and O–H groups in total. The fourth-order valence-electron chi connectivity index (χ4n) is 3.63. The van der Waals surface area contributed by atoms with Crippen LogP contribution in [-0.4, -0.2) is 37.7 Å². The van der Waals surface area contributed by atoms with Crippen molar-refractivity contribution in [1.82, 2.24) is 18.7 Å². The molecule has 1 unspecified atom stereocenters. The molecule has 4 rings (SSSR count). The zero-order valence-electron chi connectivity index (χ0n) is 19.3. The smallest absolute Gasteiger partial charge is 0.332 e. The Morgan fingerprint density at radius 2 is 1.77 bits per heavy atom. The summed E-state index contributed by atoms with van der Waals surface area (Å²) in [6.45, 7) is -0.389. The molecule has 0 aliphatic heterocycles. The van der Waals surface area contributed by atoms with E-state index < -0.39 is 29.2 Å². The molecule has 180 valence electrons. The zero-order chi connectivity index (χ0) is 25.1. The van der Waals surface area contributed by atoms with E-state index in [1.165, 1.54) is 36.7 Å². The van der Waals surface area contributed by atoms with Crippen LogP contribution in [0.1, 0.15) is 11.7 Å². The monoisotopic (exact) mass is 477 g/mol. The van der Waals surface area contributed by atoms with E-state index in [0.717, 1.165) is 4.57 Å². The maximum Gasteiger partial charge on any atom is 0.332 e. The number of aryl methyl sites for hydroxylation is 1. The van der Waals surface area contributed by atoms with Gasteiger partial charge in [-0.15, -0.1) is 0 Å². The standard InChI is InChI=1S/C24H23N5O6/c1-27-21-19(23(32)28(2)24(27)33)29(14-25-21)13-18(30)35-20(15-8-5-4-6-9-15)22(31)26-16-10-7-11-17(12-16)34-3/h4-12,14,20H,13H2,1-3H3,(H,26,31). The molecular weight excluding hydrogens is 454 g/mol. The number of imidazole rings is 1. The van der Waals surface area contributed by atoms with E-state index >= 15 is 0 Å². The first kappa shape index (κ1) is 23.5. The van der Waals surface area contributed by atoms with Gasteiger partial charge in [-0.25, -0.2) is 9.78 Å². The van der Waals surface area contributed by atoms with E-state index in [2.05, 4.69) is 10.3 Å². The number of benzene rings is 2. The van der Waals surface area contributed by atoms with Gasteiger partial charge in [0.1, 0.15) is 12.3 Å². The van der Waals surface area contributed by atoms with E-state index in [-0.39, 0.29) is 17.7 Å².